The van der Waals surface area contributed by atoms with E-state index in [2.05, 4.69) is 51.7 Å². The van der Waals surface area contributed by atoms with E-state index in [4.69, 9.17) is 5.26 Å². The van der Waals surface area contributed by atoms with E-state index in [1.54, 1.807) is 41.0 Å². The van der Waals surface area contributed by atoms with Crippen molar-refractivity contribution in [3.05, 3.63) is 46.9 Å². The molecule has 0 spiro atoms. The molecule has 4 heterocycles. The smallest absolute Gasteiger partial charge is 0.252 e. The minimum Gasteiger partial charge on any atom is -0.364 e. The first-order valence-corrected chi connectivity index (χ1v) is 11.2. The SMILES string of the molecule is CC[C@H]1CN(C(C)c2cnccn2)[C@H](CC)CN1c1cc(=O)n(C)c2cn(CC#N)nc12. The first-order valence-electron chi connectivity index (χ1n) is 11.2. The van der Waals surface area contributed by atoms with Gasteiger partial charge in [0.1, 0.15) is 12.1 Å². The molecular weight excluding hydrogens is 404 g/mol. The molecule has 0 N–H and O–H groups in total. The van der Waals surface area contributed by atoms with E-state index in [9.17, 15) is 4.79 Å². The van der Waals surface area contributed by atoms with Gasteiger partial charge in [0, 0.05) is 56.9 Å². The average Bonchev–Trinajstić information content (AvgIpc) is 3.25. The second-order valence-electron chi connectivity index (χ2n) is 8.43. The third-order valence-electron chi connectivity index (χ3n) is 6.67. The number of rotatable bonds is 6. The van der Waals surface area contributed by atoms with Gasteiger partial charge in [-0.25, -0.2) is 0 Å². The molecule has 4 rings (SSSR count). The highest BCUT2D eigenvalue weighted by molar-refractivity contribution is 5.88. The Morgan fingerprint density at radius 2 is 2.00 bits per heavy atom. The summed E-state index contributed by atoms with van der Waals surface area (Å²) in [5.41, 5.74) is 3.28. The summed E-state index contributed by atoms with van der Waals surface area (Å²) < 4.78 is 3.21. The van der Waals surface area contributed by atoms with Crippen LogP contribution in [0, 0.1) is 11.3 Å². The Morgan fingerprint density at radius 3 is 2.66 bits per heavy atom. The lowest BCUT2D eigenvalue weighted by Gasteiger charge is -2.49. The predicted molar refractivity (Wildman–Crippen MR) is 123 cm³/mol. The highest BCUT2D eigenvalue weighted by Gasteiger charge is 2.36. The van der Waals surface area contributed by atoms with Gasteiger partial charge in [-0.1, -0.05) is 13.8 Å². The molecule has 32 heavy (non-hydrogen) atoms. The van der Waals surface area contributed by atoms with Gasteiger partial charge in [0.25, 0.3) is 5.56 Å². The standard InChI is InChI=1S/C23H30N8O/c1-5-17-14-31(18(6-2)13-30(17)16(3)19-12-25-8-9-26-19)20-11-22(32)28(4)21-15-29(10-7-24)27-23(20)21/h8-9,11-12,15-18H,5-6,10,13-14H2,1-4H3/t16?,17-,18+/m1/s1. The molecule has 1 aliphatic heterocycles. The minimum absolute atomic E-state index is 0.0673. The van der Waals surface area contributed by atoms with Crippen LogP contribution in [0.4, 0.5) is 5.69 Å². The molecule has 9 heteroatoms. The van der Waals surface area contributed by atoms with E-state index in [0.717, 1.165) is 48.3 Å². The number of pyridine rings is 1. The zero-order chi connectivity index (χ0) is 22.8. The molecule has 0 bridgehead atoms. The molecule has 9 nitrogen and oxygen atoms in total. The Morgan fingerprint density at radius 1 is 1.22 bits per heavy atom. The van der Waals surface area contributed by atoms with Gasteiger partial charge in [0.2, 0.25) is 0 Å². The summed E-state index contributed by atoms with van der Waals surface area (Å²) in [6.07, 6.45) is 9.00. The fraction of sp³-hybridized carbons (Fsp3) is 0.522. The molecule has 168 valence electrons. The van der Waals surface area contributed by atoms with Crippen molar-refractivity contribution in [1.29, 1.82) is 5.26 Å². The monoisotopic (exact) mass is 434 g/mol. The van der Waals surface area contributed by atoms with Gasteiger partial charge in [0.15, 0.2) is 0 Å². The maximum absolute atomic E-state index is 12.8. The van der Waals surface area contributed by atoms with Gasteiger partial charge in [-0.3, -0.25) is 24.3 Å². The average molecular weight is 435 g/mol. The van der Waals surface area contributed by atoms with Crippen LogP contribution in [0.2, 0.25) is 0 Å². The topological polar surface area (TPSA) is 95.9 Å². The number of aromatic nitrogens is 5. The van der Waals surface area contributed by atoms with Crippen LogP contribution in [0.15, 0.2) is 35.6 Å². The molecule has 3 aromatic heterocycles. The van der Waals surface area contributed by atoms with E-state index < -0.39 is 0 Å². The third kappa shape index (κ3) is 3.86. The lowest BCUT2D eigenvalue weighted by molar-refractivity contribution is 0.0989. The summed E-state index contributed by atoms with van der Waals surface area (Å²) in [6, 6.07) is 4.51. The zero-order valence-electron chi connectivity index (χ0n) is 19.1. The number of anilines is 1. The van der Waals surface area contributed by atoms with Gasteiger partial charge in [0.05, 0.1) is 35.2 Å². The Labute approximate surface area is 187 Å². The molecular formula is C23H30N8O. The zero-order valence-corrected chi connectivity index (χ0v) is 19.1. The number of nitrogens with zero attached hydrogens (tertiary/aromatic N) is 8. The second kappa shape index (κ2) is 9.09. The van der Waals surface area contributed by atoms with Crippen LogP contribution >= 0.6 is 0 Å². The van der Waals surface area contributed by atoms with Crippen LogP contribution in [0.3, 0.4) is 0 Å². The van der Waals surface area contributed by atoms with E-state index in [0.29, 0.717) is 6.04 Å². The highest BCUT2D eigenvalue weighted by Crippen LogP contribution is 2.33. The van der Waals surface area contributed by atoms with Crippen LogP contribution in [-0.4, -0.2) is 54.4 Å². The molecule has 0 radical (unpaired) electrons. The summed E-state index contributed by atoms with van der Waals surface area (Å²) in [5.74, 6) is 0. The number of nitriles is 1. The summed E-state index contributed by atoms with van der Waals surface area (Å²) in [7, 11) is 1.75. The van der Waals surface area contributed by atoms with E-state index >= 15 is 0 Å². The van der Waals surface area contributed by atoms with Crippen molar-refractivity contribution in [2.75, 3.05) is 18.0 Å². The van der Waals surface area contributed by atoms with Gasteiger partial charge in [-0.15, -0.1) is 0 Å². The number of aryl methyl sites for hydroxylation is 1. The summed E-state index contributed by atoms with van der Waals surface area (Å²) in [6.45, 7) is 8.39. The van der Waals surface area contributed by atoms with Crippen molar-refractivity contribution in [1.82, 2.24) is 29.2 Å². The first-order chi connectivity index (χ1) is 15.5. The van der Waals surface area contributed by atoms with E-state index in [1.807, 2.05) is 6.20 Å². The lowest BCUT2D eigenvalue weighted by Crippen LogP contribution is -2.59. The molecule has 0 saturated carbocycles. The summed E-state index contributed by atoms with van der Waals surface area (Å²) in [4.78, 5) is 26.4. The summed E-state index contributed by atoms with van der Waals surface area (Å²) >= 11 is 0. The van der Waals surface area contributed by atoms with Gasteiger partial charge in [-0.2, -0.15) is 10.4 Å². The molecule has 0 amide bonds. The van der Waals surface area contributed by atoms with E-state index in [-0.39, 0.29) is 24.2 Å². The van der Waals surface area contributed by atoms with Crippen LogP contribution in [0.25, 0.3) is 11.0 Å². The number of piperazine rings is 1. The molecule has 3 aromatic rings. The summed E-state index contributed by atoms with van der Waals surface area (Å²) in [5, 5.41) is 13.8. The van der Waals surface area contributed by atoms with Crippen molar-refractivity contribution in [2.24, 2.45) is 7.05 Å². The first kappa shape index (κ1) is 22.0. The molecule has 0 aromatic carbocycles. The molecule has 1 unspecified atom stereocenters. The minimum atomic E-state index is -0.0673. The number of hydrogen-bond donors (Lipinski definition) is 0. The Hall–Kier alpha value is -3.25. The quantitative estimate of drug-likeness (QED) is 0.588. The molecule has 1 saturated heterocycles. The van der Waals surface area contributed by atoms with Crippen molar-refractivity contribution in [3.63, 3.8) is 0 Å². The predicted octanol–water partition coefficient (Wildman–Crippen LogP) is 2.49. The van der Waals surface area contributed by atoms with Crippen molar-refractivity contribution >= 4 is 16.7 Å². The fourth-order valence-electron chi connectivity index (χ4n) is 4.76. The molecule has 1 aliphatic rings. The van der Waals surface area contributed by atoms with E-state index in [1.165, 1.54) is 0 Å². The Kier molecular flexibility index (Phi) is 6.24. The third-order valence-corrected chi connectivity index (χ3v) is 6.67. The lowest BCUT2D eigenvalue weighted by atomic mass is 9.98. The largest absolute Gasteiger partial charge is 0.364 e. The van der Waals surface area contributed by atoms with Gasteiger partial charge < -0.3 is 9.47 Å². The van der Waals surface area contributed by atoms with Crippen LogP contribution in [-0.2, 0) is 13.6 Å². The fourth-order valence-corrected chi connectivity index (χ4v) is 4.76. The number of fused-ring (bicyclic) bond motifs is 1. The second-order valence-corrected chi connectivity index (χ2v) is 8.43. The van der Waals surface area contributed by atoms with Gasteiger partial charge >= 0.3 is 0 Å². The Balaban J connectivity index is 1.74. The van der Waals surface area contributed by atoms with Gasteiger partial charge in [-0.05, 0) is 19.8 Å². The molecule has 0 aliphatic carbocycles. The van der Waals surface area contributed by atoms with Crippen LogP contribution < -0.4 is 10.5 Å². The van der Waals surface area contributed by atoms with Crippen LogP contribution in [0.1, 0.15) is 45.3 Å². The Bertz CT molecular complexity index is 1180. The highest BCUT2D eigenvalue weighted by atomic mass is 16.1. The number of hydrogen-bond acceptors (Lipinski definition) is 7. The van der Waals surface area contributed by atoms with Crippen molar-refractivity contribution in [2.45, 2.75) is 58.3 Å². The maximum Gasteiger partial charge on any atom is 0.252 e. The molecule has 1 fully saturated rings. The van der Waals surface area contributed by atoms with Crippen molar-refractivity contribution < 1.29 is 0 Å². The van der Waals surface area contributed by atoms with Crippen molar-refractivity contribution in [3.8, 4) is 6.07 Å². The molecule has 3 atom stereocenters. The maximum atomic E-state index is 12.8. The van der Waals surface area contributed by atoms with Crippen LogP contribution in [0.5, 0.6) is 0 Å². The normalized spacial score (nSPS) is 20.4.